The highest BCUT2D eigenvalue weighted by Crippen LogP contribution is 2.36. The second kappa shape index (κ2) is 7.55. The van der Waals surface area contributed by atoms with Crippen molar-refractivity contribution in [3.8, 4) is 23.0 Å². The monoisotopic (exact) mass is 410 g/mol. The molecule has 0 radical (unpaired) electrons. The molecule has 1 aliphatic heterocycles. The molecule has 4 rings (SSSR count). The quantitative estimate of drug-likeness (QED) is 0.426. The molecule has 0 fully saturated rings. The van der Waals surface area contributed by atoms with E-state index in [0.717, 1.165) is 5.56 Å². The number of thioether (sulfide) groups is 1. The van der Waals surface area contributed by atoms with Gasteiger partial charge >= 0.3 is 0 Å². The lowest BCUT2D eigenvalue weighted by molar-refractivity contribution is 0.0993. The van der Waals surface area contributed by atoms with E-state index in [1.165, 1.54) is 17.3 Å². The van der Waals surface area contributed by atoms with E-state index in [4.69, 9.17) is 13.9 Å². The fourth-order valence-electron chi connectivity index (χ4n) is 2.98. The molecule has 6 nitrogen and oxygen atoms in total. The molecule has 0 aliphatic carbocycles. The maximum absolute atomic E-state index is 12.8. The Morgan fingerprint density at radius 1 is 1.03 bits per heavy atom. The summed E-state index contributed by atoms with van der Waals surface area (Å²) in [5, 5.41) is 8.17. The van der Waals surface area contributed by atoms with Crippen molar-refractivity contribution in [1.82, 2.24) is 10.2 Å². The van der Waals surface area contributed by atoms with Crippen molar-refractivity contribution in [2.45, 2.75) is 43.6 Å². The molecule has 0 spiro atoms. The van der Waals surface area contributed by atoms with E-state index in [2.05, 4.69) is 31.0 Å². The first-order chi connectivity index (χ1) is 13.8. The molecule has 150 valence electrons. The van der Waals surface area contributed by atoms with E-state index in [0.29, 0.717) is 28.2 Å². The van der Waals surface area contributed by atoms with Crippen LogP contribution in [0, 0.1) is 0 Å². The summed E-state index contributed by atoms with van der Waals surface area (Å²) in [6.07, 6.45) is 0. The van der Waals surface area contributed by atoms with Gasteiger partial charge in [-0.1, -0.05) is 56.8 Å². The average Bonchev–Trinajstić information content (AvgIpc) is 3.35. The fourth-order valence-corrected chi connectivity index (χ4v) is 3.74. The lowest BCUT2D eigenvalue weighted by Crippen LogP contribution is -2.15. The largest absolute Gasteiger partial charge is 0.454 e. The first-order valence-electron chi connectivity index (χ1n) is 9.36. The van der Waals surface area contributed by atoms with Crippen LogP contribution in [0.1, 0.15) is 43.6 Å². The second-order valence-electron chi connectivity index (χ2n) is 7.89. The van der Waals surface area contributed by atoms with Gasteiger partial charge in [-0.25, -0.2) is 0 Å². The van der Waals surface area contributed by atoms with Crippen LogP contribution in [0.25, 0.3) is 11.5 Å². The zero-order chi connectivity index (χ0) is 20.6. The number of hydrogen-bond acceptors (Lipinski definition) is 7. The first kappa shape index (κ1) is 19.5. The number of Topliss-reactive ketones (excluding diaryl/α,β-unsaturated/α-hetero) is 1. The Morgan fingerprint density at radius 3 is 2.48 bits per heavy atom. The summed E-state index contributed by atoms with van der Waals surface area (Å²) in [6, 6.07) is 13.2. The standard InChI is InChI=1S/C22H22N2O4S/c1-13(19(25)14-5-8-16(9-6-14)22(2,3)4)29-21-24-23-20(28-21)15-7-10-17-18(11-15)27-12-26-17/h5-11,13H,12H2,1-4H3. The molecule has 3 aromatic rings. The lowest BCUT2D eigenvalue weighted by Gasteiger charge is -2.19. The molecule has 2 heterocycles. The number of benzene rings is 2. The smallest absolute Gasteiger partial charge is 0.277 e. The van der Waals surface area contributed by atoms with E-state index >= 15 is 0 Å². The molecular weight excluding hydrogens is 388 g/mol. The normalized spacial score (nSPS) is 14.1. The molecule has 2 aromatic carbocycles. The van der Waals surface area contributed by atoms with E-state index in [9.17, 15) is 4.79 Å². The predicted molar refractivity (Wildman–Crippen MR) is 111 cm³/mol. The third kappa shape index (κ3) is 4.15. The highest BCUT2D eigenvalue weighted by molar-refractivity contribution is 8.00. The molecule has 0 amide bonds. The number of fused-ring (bicyclic) bond motifs is 1. The minimum atomic E-state index is -0.347. The van der Waals surface area contributed by atoms with Crippen molar-refractivity contribution in [3.63, 3.8) is 0 Å². The lowest BCUT2D eigenvalue weighted by atomic mass is 9.86. The Balaban J connectivity index is 1.45. The highest BCUT2D eigenvalue weighted by Gasteiger charge is 2.22. The summed E-state index contributed by atoms with van der Waals surface area (Å²) < 4.78 is 16.4. The Kier molecular flexibility index (Phi) is 5.08. The van der Waals surface area contributed by atoms with Gasteiger partial charge in [-0.05, 0) is 36.1 Å². The van der Waals surface area contributed by atoms with Crippen LogP contribution in [0.15, 0.2) is 52.1 Å². The molecule has 0 N–H and O–H groups in total. The maximum Gasteiger partial charge on any atom is 0.277 e. The van der Waals surface area contributed by atoms with Gasteiger partial charge in [-0.2, -0.15) is 0 Å². The Morgan fingerprint density at radius 2 is 1.76 bits per heavy atom. The molecule has 7 heteroatoms. The van der Waals surface area contributed by atoms with Gasteiger partial charge in [0.15, 0.2) is 17.3 Å². The van der Waals surface area contributed by atoms with Crippen LogP contribution in [0.4, 0.5) is 0 Å². The summed E-state index contributed by atoms with van der Waals surface area (Å²) in [5.41, 5.74) is 2.66. The number of rotatable bonds is 5. The van der Waals surface area contributed by atoms with Gasteiger partial charge in [0.25, 0.3) is 5.22 Å². The highest BCUT2D eigenvalue weighted by atomic mass is 32.2. The van der Waals surface area contributed by atoms with Crippen molar-refractivity contribution in [1.29, 1.82) is 0 Å². The molecule has 1 atom stereocenters. The van der Waals surface area contributed by atoms with Crippen LogP contribution < -0.4 is 9.47 Å². The van der Waals surface area contributed by atoms with Gasteiger partial charge in [0.2, 0.25) is 12.7 Å². The molecule has 1 aromatic heterocycles. The fraction of sp³-hybridized carbons (Fsp3) is 0.318. The van der Waals surface area contributed by atoms with Gasteiger partial charge in [-0.3, -0.25) is 4.79 Å². The average molecular weight is 410 g/mol. The maximum atomic E-state index is 12.8. The second-order valence-corrected chi connectivity index (χ2v) is 9.18. The molecular formula is C22H22N2O4S. The van der Waals surface area contributed by atoms with Crippen LogP contribution in [0.5, 0.6) is 11.5 Å². The molecule has 0 saturated carbocycles. The van der Waals surface area contributed by atoms with Crippen molar-refractivity contribution >= 4 is 17.5 Å². The van der Waals surface area contributed by atoms with Crippen LogP contribution in [-0.4, -0.2) is 28.0 Å². The number of ether oxygens (including phenoxy) is 2. The zero-order valence-electron chi connectivity index (χ0n) is 16.8. The Hall–Kier alpha value is -2.80. The minimum absolute atomic E-state index is 0.0262. The van der Waals surface area contributed by atoms with Crippen LogP contribution in [0.2, 0.25) is 0 Å². The summed E-state index contributed by atoms with van der Waals surface area (Å²) in [6.45, 7) is 8.50. The van der Waals surface area contributed by atoms with Crippen molar-refractivity contribution in [2.24, 2.45) is 0 Å². The predicted octanol–water partition coefficient (Wildman–Crippen LogP) is 5.13. The van der Waals surface area contributed by atoms with Crippen molar-refractivity contribution in [3.05, 3.63) is 53.6 Å². The van der Waals surface area contributed by atoms with E-state index in [1.54, 1.807) is 6.07 Å². The number of ketones is 1. The van der Waals surface area contributed by atoms with Gasteiger partial charge in [-0.15, -0.1) is 10.2 Å². The van der Waals surface area contributed by atoms with Crippen LogP contribution >= 0.6 is 11.8 Å². The Labute approximate surface area is 173 Å². The van der Waals surface area contributed by atoms with Crippen molar-refractivity contribution < 1.29 is 18.7 Å². The third-order valence-corrected chi connectivity index (χ3v) is 5.64. The SMILES string of the molecule is CC(Sc1nnc(-c2ccc3c(c2)OCO3)o1)C(=O)c1ccc(C(C)(C)C)cc1. The van der Waals surface area contributed by atoms with Gasteiger partial charge in [0.05, 0.1) is 5.25 Å². The van der Waals surface area contributed by atoms with E-state index in [1.807, 2.05) is 43.3 Å². The number of hydrogen-bond donors (Lipinski definition) is 0. The summed E-state index contributed by atoms with van der Waals surface area (Å²) in [4.78, 5) is 12.8. The van der Waals surface area contributed by atoms with Gasteiger partial charge in [0, 0.05) is 11.1 Å². The van der Waals surface area contributed by atoms with E-state index < -0.39 is 0 Å². The molecule has 1 unspecified atom stereocenters. The van der Waals surface area contributed by atoms with Gasteiger partial charge < -0.3 is 13.9 Å². The Bertz CT molecular complexity index is 1040. The van der Waals surface area contributed by atoms with Crippen LogP contribution in [0.3, 0.4) is 0 Å². The first-order valence-corrected chi connectivity index (χ1v) is 10.2. The summed E-state index contributed by atoms with van der Waals surface area (Å²) in [7, 11) is 0. The van der Waals surface area contributed by atoms with E-state index in [-0.39, 0.29) is 23.2 Å². The summed E-state index contributed by atoms with van der Waals surface area (Å²) >= 11 is 1.25. The van der Waals surface area contributed by atoms with Crippen molar-refractivity contribution in [2.75, 3.05) is 6.79 Å². The zero-order valence-corrected chi connectivity index (χ0v) is 17.6. The van der Waals surface area contributed by atoms with Gasteiger partial charge in [0.1, 0.15) is 0 Å². The van der Waals surface area contributed by atoms with Crippen LogP contribution in [-0.2, 0) is 5.41 Å². The minimum Gasteiger partial charge on any atom is -0.454 e. The number of nitrogens with zero attached hydrogens (tertiary/aromatic N) is 2. The number of carbonyl (C=O) groups is 1. The third-order valence-electron chi connectivity index (χ3n) is 4.71. The molecule has 1 aliphatic rings. The molecule has 0 saturated heterocycles. The topological polar surface area (TPSA) is 74.5 Å². The molecule has 0 bridgehead atoms. The number of carbonyl (C=O) groups excluding carboxylic acids is 1. The number of aromatic nitrogens is 2. The summed E-state index contributed by atoms with van der Waals surface area (Å²) in [5.74, 6) is 1.75. The molecule has 29 heavy (non-hydrogen) atoms.